The number of thiophene rings is 1. The summed E-state index contributed by atoms with van der Waals surface area (Å²) in [7, 11) is 0. The van der Waals surface area contributed by atoms with Crippen LogP contribution in [0.3, 0.4) is 0 Å². The van der Waals surface area contributed by atoms with Gasteiger partial charge in [-0.25, -0.2) is 0 Å². The molecule has 0 saturated carbocycles. The summed E-state index contributed by atoms with van der Waals surface area (Å²) in [5.74, 6) is 0.242. The SMILES string of the molecule is CCCCCc1ccc(C(=O)N2CCCN(C(=O)C(C)N3CCc4sccc4C3c3ccccc3C)CC2)cc1. The van der Waals surface area contributed by atoms with Crippen molar-refractivity contribution in [2.45, 2.75) is 71.4 Å². The van der Waals surface area contributed by atoms with Crippen LogP contribution in [0.5, 0.6) is 0 Å². The molecule has 2 aromatic carbocycles. The zero-order chi connectivity index (χ0) is 28.1. The zero-order valence-corrected chi connectivity index (χ0v) is 25.1. The second-order valence-electron chi connectivity index (χ2n) is 11.3. The lowest BCUT2D eigenvalue weighted by atomic mass is 9.89. The van der Waals surface area contributed by atoms with E-state index in [0.29, 0.717) is 26.2 Å². The lowest BCUT2D eigenvalue weighted by molar-refractivity contribution is -0.137. The minimum absolute atomic E-state index is 0.0723. The first-order valence-corrected chi connectivity index (χ1v) is 15.9. The molecule has 2 amide bonds. The fourth-order valence-corrected chi connectivity index (χ4v) is 7.22. The predicted molar refractivity (Wildman–Crippen MR) is 164 cm³/mol. The van der Waals surface area contributed by atoms with Crippen molar-refractivity contribution < 1.29 is 9.59 Å². The third-order valence-electron chi connectivity index (χ3n) is 8.71. The molecular formula is C34H43N3O2S. The molecule has 2 aliphatic rings. The third-order valence-corrected chi connectivity index (χ3v) is 9.70. The molecule has 2 unspecified atom stereocenters. The Bertz CT molecular complexity index is 1300. The Morgan fingerprint density at radius 3 is 2.42 bits per heavy atom. The summed E-state index contributed by atoms with van der Waals surface area (Å²) in [6, 6.07) is 18.8. The molecule has 0 N–H and O–H groups in total. The van der Waals surface area contributed by atoms with Gasteiger partial charge < -0.3 is 9.80 Å². The summed E-state index contributed by atoms with van der Waals surface area (Å²) in [6.45, 7) is 9.85. The van der Waals surface area contributed by atoms with Crippen molar-refractivity contribution in [3.63, 3.8) is 0 Å². The van der Waals surface area contributed by atoms with E-state index in [9.17, 15) is 9.59 Å². The molecule has 0 radical (unpaired) electrons. The Labute approximate surface area is 243 Å². The lowest BCUT2D eigenvalue weighted by Gasteiger charge is -2.41. The van der Waals surface area contributed by atoms with E-state index < -0.39 is 0 Å². The average Bonchev–Trinajstić information content (AvgIpc) is 3.33. The number of carbonyl (C=O) groups is 2. The largest absolute Gasteiger partial charge is 0.340 e. The first-order valence-electron chi connectivity index (χ1n) is 15.0. The van der Waals surface area contributed by atoms with Gasteiger partial charge in [0, 0.05) is 43.2 Å². The van der Waals surface area contributed by atoms with E-state index in [1.165, 1.54) is 46.4 Å². The number of benzene rings is 2. The van der Waals surface area contributed by atoms with Crippen LogP contribution in [0.4, 0.5) is 0 Å². The summed E-state index contributed by atoms with van der Waals surface area (Å²) < 4.78 is 0. The Morgan fingerprint density at radius 2 is 1.65 bits per heavy atom. The van der Waals surface area contributed by atoms with Gasteiger partial charge in [0.25, 0.3) is 5.91 Å². The highest BCUT2D eigenvalue weighted by molar-refractivity contribution is 7.10. The number of carbonyl (C=O) groups excluding carboxylic acids is 2. The molecule has 1 fully saturated rings. The van der Waals surface area contributed by atoms with E-state index in [4.69, 9.17) is 0 Å². The number of nitrogens with zero attached hydrogens (tertiary/aromatic N) is 3. The van der Waals surface area contributed by atoms with Crippen molar-refractivity contribution in [3.05, 3.63) is 92.7 Å². The van der Waals surface area contributed by atoms with E-state index in [2.05, 4.69) is 73.5 Å². The molecule has 5 nitrogen and oxygen atoms in total. The number of rotatable bonds is 8. The van der Waals surface area contributed by atoms with Crippen LogP contribution in [0.2, 0.25) is 0 Å². The molecule has 2 aliphatic heterocycles. The highest BCUT2D eigenvalue weighted by atomic mass is 32.1. The van der Waals surface area contributed by atoms with Crippen LogP contribution in [0.25, 0.3) is 0 Å². The molecular weight excluding hydrogens is 514 g/mol. The van der Waals surface area contributed by atoms with Crippen molar-refractivity contribution in [1.29, 1.82) is 0 Å². The molecule has 0 bridgehead atoms. The lowest BCUT2D eigenvalue weighted by Crippen LogP contribution is -2.51. The zero-order valence-electron chi connectivity index (χ0n) is 24.3. The molecule has 212 valence electrons. The van der Waals surface area contributed by atoms with Crippen molar-refractivity contribution in [3.8, 4) is 0 Å². The van der Waals surface area contributed by atoms with Crippen molar-refractivity contribution in [2.24, 2.45) is 0 Å². The van der Waals surface area contributed by atoms with E-state index in [1.54, 1.807) is 0 Å². The van der Waals surface area contributed by atoms with Crippen LogP contribution in [-0.4, -0.2) is 65.3 Å². The molecule has 6 heteroatoms. The average molecular weight is 558 g/mol. The van der Waals surface area contributed by atoms with Gasteiger partial charge in [-0.3, -0.25) is 14.5 Å². The number of fused-ring (bicyclic) bond motifs is 1. The van der Waals surface area contributed by atoms with E-state index in [1.807, 2.05) is 33.3 Å². The maximum Gasteiger partial charge on any atom is 0.253 e. The standard InChI is InChI=1S/C34H43N3O2S/c1-4-5-6-11-27-13-15-28(16-14-27)34(39)36-20-9-19-35(22-23-36)33(38)26(3)37-21-17-31-30(18-24-40-31)32(37)29-12-8-7-10-25(29)2/h7-8,10,12-16,18,24,26,32H,4-6,9,11,17,19-23H2,1-3H3. The molecule has 40 heavy (non-hydrogen) atoms. The molecule has 3 aromatic rings. The number of hydrogen-bond acceptors (Lipinski definition) is 4. The van der Waals surface area contributed by atoms with Crippen molar-refractivity contribution in [1.82, 2.24) is 14.7 Å². The van der Waals surface area contributed by atoms with Gasteiger partial charge >= 0.3 is 0 Å². The van der Waals surface area contributed by atoms with Gasteiger partial charge in [-0.2, -0.15) is 0 Å². The first-order chi connectivity index (χ1) is 19.5. The van der Waals surface area contributed by atoms with Crippen LogP contribution in [0.15, 0.2) is 60.0 Å². The Hall–Kier alpha value is -2.96. The Kier molecular flexibility index (Phi) is 9.38. The number of hydrogen-bond donors (Lipinski definition) is 0. The maximum absolute atomic E-state index is 13.9. The van der Waals surface area contributed by atoms with Crippen LogP contribution in [0, 0.1) is 6.92 Å². The van der Waals surface area contributed by atoms with Gasteiger partial charge in [-0.05, 0) is 85.4 Å². The Morgan fingerprint density at radius 1 is 0.900 bits per heavy atom. The molecule has 3 heterocycles. The summed E-state index contributed by atoms with van der Waals surface area (Å²) >= 11 is 1.83. The summed E-state index contributed by atoms with van der Waals surface area (Å²) in [6.07, 6.45) is 6.49. The van der Waals surface area contributed by atoms with Gasteiger partial charge in [0.05, 0.1) is 12.1 Å². The molecule has 0 aliphatic carbocycles. The summed E-state index contributed by atoms with van der Waals surface area (Å²) in [5.41, 5.74) is 5.92. The van der Waals surface area contributed by atoms with E-state index in [-0.39, 0.29) is 23.9 Å². The van der Waals surface area contributed by atoms with Gasteiger partial charge in [0.15, 0.2) is 0 Å². The summed E-state index contributed by atoms with van der Waals surface area (Å²) in [5, 5.41) is 2.19. The van der Waals surface area contributed by atoms with E-state index >= 15 is 0 Å². The number of unbranched alkanes of at least 4 members (excludes halogenated alkanes) is 2. The first kappa shape index (κ1) is 28.6. The monoisotopic (exact) mass is 557 g/mol. The van der Waals surface area contributed by atoms with Gasteiger partial charge in [0.2, 0.25) is 5.91 Å². The van der Waals surface area contributed by atoms with E-state index in [0.717, 1.165) is 31.4 Å². The predicted octanol–water partition coefficient (Wildman–Crippen LogP) is 6.50. The van der Waals surface area contributed by atoms with Gasteiger partial charge in [-0.1, -0.05) is 56.2 Å². The normalized spacial score (nSPS) is 18.7. The smallest absolute Gasteiger partial charge is 0.253 e. The fraction of sp³-hybridized carbons (Fsp3) is 0.471. The van der Waals surface area contributed by atoms with Crippen LogP contribution in [-0.2, 0) is 17.6 Å². The van der Waals surface area contributed by atoms with Crippen LogP contribution < -0.4 is 0 Å². The van der Waals surface area contributed by atoms with Gasteiger partial charge in [-0.15, -0.1) is 11.3 Å². The van der Waals surface area contributed by atoms with Crippen LogP contribution >= 0.6 is 11.3 Å². The summed E-state index contributed by atoms with van der Waals surface area (Å²) in [4.78, 5) is 35.0. The third kappa shape index (κ3) is 6.18. The molecule has 2 atom stereocenters. The Balaban J connectivity index is 1.25. The minimum Gasteiger partial charge on any atom is -0.340 e. The highest BCUT2D eigenvalue weighted by Gasteiger charge is 2.37. The minimum atomic E-state index is -0.236. The maximum atomic E-state index is 13.9. The highest BCUT2D eigenvalue weighted by Crippen LogP contribution is 2.40. The van der Waals surface area contributed by atoms with Crippen molar-refractivity contribution in [2.75, 3.05) is 32.7 Å². The fourth-order valence-electron chi connectivity index (χ4n) is 6.32. The number of aryl methyl sites for hydroxylation is 2. The second kappa shape index (κ2) is 13.1. The molecule has 0 spiro atoms. The molecule has 1 saturated heterocycles. The van der Waals surface area contributed by atoms with Crippen molar-refractivity contribution >= 4 is 23.2 Å². The second-order valence-corrected chi connectivity index (χ2v) is 12.3. The quantitative estimate of drug-likeness (QED) is 0.297. The van der Waals surface area contributed by atoms with Crippen LogP contribution in [0.1, 0.15) is 83.1 Å². The molecule has 5 rings (SSSR count). The van der Waals surface area contributed by atoms with Gasteiger partial charge in [0.1, 0.15) is 0 Å². The topological polar surface area (TPSA) is 43.9 Å². The molecule has 1 aromatic heterocycles. The number of amides is 2.